The van der Waals surface area contributed by atoms with Crippen LogP contribution in [-0.4, -0.2) is 14.9 Å². The first kappa shape index (κ1) is 9.60. The first-order valence-electron chi connectivity index (χ1n) is 3.92. The molecule has 0 unspecified atom stereocenters. The standard InChI is InChI=1S/C8H4ClN3O3/c9-6-2-1-4-3-5(12(14)15)8(13)11-7(4)10-6/h1-3H,(H,10,11,13). The van der Waals surface area contributed by atoms with Crippen molar-refractivity contribution in [2.45, 2.75) is 0 Å². The SMILES string of the molecule is O=c1[nH]c2nc(Cl)ccc2cc1[N+](=O)[O-]. The fourth-order valence-corrected chi connectivity index (χ4v) is 1.33. The molecular weight excluding hydrogens is 222 g/mol. The monoisotopic (exact) mass is 225 g/mol. The highest BCUT2D eigenvalue weighted by Gasteiger charge is 2.13. The number of rotatable bonds is 1. The van der Waals surface area contributed by atoms with Crippen molar-refractivity contribution in [1.29, 1.82) is 0 Å². The number of halogens is 1. The van der Waals surface area contributed by atoms with Crippen LogP contribution in [0.25, 0.3) is 11.0 Å². The topological polar surface area (TPSA) is 88.9 Å². The first-order valence-corrected chi connectivity index (χ1v) is 4.30. The van der Waals surface area contributed by atoms with Crippen molar-refractivity contribution in [1.82, 2.24) is 9.97 Å². The van der Waals surface area contributed by atoms with E-state index in [2.05, 4.69) is 9.97 Å². The molecule has 0 saturated heterocycles. The van der Waals surface area contributed by atoms with Crippen LogP contribution in [0.2, 0.25) is 5.15 Å². The van der Waals surface area contributed by atoms with Crippen molar-refractivity contribution >= 4 is 28.3 Å². The summed E-state index contributed by atoms with van der Waals surface area (Å²) in [7, 11) is 0. The Kier molecular flexibility index (Phi) is 2.12. The molecule has 0 aliphatic heterocycles. The molecule has 6 nitrogen and oxygen atoms in total. The van der Waals surface area contributed by atoms with Gasteiger partial charge in [0.25, 0.3) is 0 Å². The number of hydrogen-bond acceptors (Lipinski definition) is 4. The molecule has 0 aromatic carbocycles. The molecule has 0 aliphatic rings. The summed E-state index contributed by atoms with van der Waals surface area (Å²) < 4.78 is 0. The number of nitro groups is 1. The lowest BCUT2D eigenvalue weighted by Crippen LogP contribution is -2.11. The number of nitrogens with zero attached hydrogens (tertiary/aromatic N) is 2. The largest absolute Gasteiger partial charge is 0.334 e. The van der Waals surface area contributed by atoms with E-state index >= 15 is 0 Å². The summed E-state index contributed by atoms with van der Waals surface area (Å²) in [6.07, 6.45) is 0. The first-order chi connectivity index (χ1) is 7.08. The molecule has 2 heterocycles. The van der Waals surface area contributed by atoms with E-state index in [-0.39, 0.29) is 10.8 Å². The third-order valence-corrected chi connectivity index (χ3v) is 2.06. The molecule has 0 bridgehead atoms. The number of fused-ring (bicyclic) bond motifs is 1. The molecule has 2 aromatic rings. The average molecular weight is 226 g/mol. The predicted octanol–water partition coefficient (Wildman–Crippen LogP) is 1.48. The summed E-state index contributed by atoms with van der Waals surface area (Å²) in [5.74, 6) is 0. The molecule has 2 rings (SSSR count). The summed E-state index contributed by atoms with van der Waals surface area (Å²) >= 11 is 5.61. The van der Waals surface area contributed by atoms with Crippen LogP contribution in [0.15, 0.2) is 23.0 Å². The Bertz CT molecular complexity index is 608. The maximum atomic E-state index is 11.2. The second-order valence-corrected chi connectivity index (χ2v) is 3.20. The molecule has 0 radical (unpaired) electrons. The van der Waals surface area contributed by atoms with Crippen LogP contribution in [0.3, 0.4) is 0 Å². The zero-order valence-electron chi connectivity index (χ0n) is 7.23. The normalized spacial score (nSPS) is 10.5. The fourth-order valence-electron chi connectivity index (χ4n) is 1.18. The van der Waals surface area contributed by atoms with Crippen LogP contribution in [-0.2, 0) is 0 Å². The van der Waals surface area contributed by atoms with E-state index in [4.69, 9.17) is 11.6 Å². The summed E-state index contributed by atoms with van der Waals surface area (Å²) in [6, 6.07) is 4.21. The Morgan fingerprint density at radius 2 is 2.20 bits per heavy atom. The molecule has 15 heavy (non-hydrogen) atoms. The Labute approximate surface area is 87.7 Å². The number of aromatic amines is 1. The average Bonchev–Trinajstić information content (AvgIpc) is 2.15. The van der Waals surface area contributed by atoms with E-state index in [1.165, 1.54) is 6.07 Å². The maximum Gasteiger partial charge on any atom is 0.334 e. The lowest BCUT2D eigenvalue weighted by molar-refractivity contribution is -0.386. The van der Waals surface area contributed by atoms with E-state index in [0.29, 0.717) is 5.39 Å². The van der Waals surface area contributed by atoms with Crippen molar-refractivity contribution < 1.29 is 4.92 Å². The summed E-state index contributed by atoms with van der Waals surface area (Å²) in [6.45, 7) is 0. The lowest BCUT2D eigenvalue weighted by Gasteiger charge is -1.96. The summed E-state index contributed by atoms with van der Waals surface area (Å²) in [5.41, 5.74) is -1.06. The van der Waals surface area contributed by atoms with E-state index in [9.17, 15) is 14.9 Å². The van der Waals surface area contributed by atoms with Gasteiger partial charge in [0.1, 0.15) is 10.8 Å². The number of H-pyrrole nitrogens is 1. The highest BCUT2D eigenvalue weighted by molar-refractivity contribution is 6.29. The van der Waals surface area contributed by atoms with E-state index in [1.54, 1.807) is 6.07 Å². The molecule has 0 saturated carbocycles. The third kappa shape index (κ3) is 1.66. The zero-order valence-corrected chi connectivity index (χ0v) is 7.99. The second kappa shape index (κ2) is 3.32. The van der Waals surface area contributed by atoms with Crippen molar-refractivity contribution in [2.75, 3.05) is 0 Å². The highest BCUT2D eigenvalue weighted by Crippen LogP contribution is 2.15. The number of aromatic nitrogens is 2. The van der Waals surface area contributed by atoms with Gasteiger partial charge in [0.15, 0.2) is 0 Å². The van der Waals surface area contributed by atoms with Crippen LogP contribution in [0.4, 0.5) is 5.69 Å². The van der Waals surface area contributed by atoms with Crippen LogP contribution in [0.5, 0.6) is 0 Å². The van der Waals surface area contributed by atoms with E-state index < -0.39 is 16.2 Å². The predicted molar refractivity (Wildman–Crippen MR) is 54.0 cm³/mol. The number of pyridine rings is 2. The van der Waals surface area contributed by atoms with E-state index in [1.807, 2.05) is 0 Å². The minimum atomic E-state index is -0.790. The van der Waals surface area contributed by atoms with Gasteiger partial charge in [0.05, 0.1) is 4.92 Å². The van der Waals surface area contributed by atoms with Gasteiger partial charge in [-0.3, -0.25) is 14.9 Å². The fraction of sp³-hybridized carbons (Fsp3) is 0. The second-order valence-electron chi connectivity index (χ2n) is 2.81. The summed E-state index contributed by atoms with van der Waals surface area (Å²) in [4.78, 5) is 27.0. The Morgan fingerprint density at radius 1 is 1.47 bits per heavy atom. The van der Waals surface area contributed by atoms with Crippen molar-refractivity contribution in [3.8, 4) is 0 Å². The van der Waals surface area contributed by atoms with Crippen molar-refractivity contribution in [3.05, 3.63) is 43.8 Å². The van der Waals surface area contributed by atoms with Gasteiger partial charge in [-0.25, -0.2) is 4.98 Å². The van der Waals surface area contributed by atoms with Gasteiger partial charge >= 0.3 is 11.2 Å². The molecule has 0 spiro atoms. The van der Waals surface area contributed by atoms with Crippen molar-refractivity contribution in [3.63, 3.8) is 0 Å². The zero-order chi connectivity index (χ0) is 11.0. The maximum absolute atomic E-state index is 11.2. The Morgan fingerprint density at radius 3 is 2.87 bits per heavy atom. The van der Waals surface area contributed by atoms with Gasteiger partial charge in [0.2, 0.25) is 0 Å². The minimum Gasteiger partial charge on any atom is -0.301 e. The summed E-state index contributed by atoms with van der Waals surface area (Å²) in [5, 5.41) is 11.1. The van der Waals surface area contributed by atoms with Crippen LogP contribution >= 0.6 is 11.6 Å². The van der Waals surface area contributed by atoms with Gasteiger partial charge < -0.3 is 4.98 Å². The minimum absolute atomic E-state index is 0.215. The Hall–Kier alpha value is -1.95. The molecule has 7 heteroatoms. The van der Waals surface area contributed by atoms with Gasteiger partial charge in [-0.05, 0) is 12.1 Å². The molecule has 76 valence electrons. The molecule has 0 amide bonds. The van der Waals surface area contributed by atoms with Crippen LogP contribution < -0.4 is 5.56 Å². The van der Waals surface area contributed by atoms with Gasteiger partial charge in [-0.2, -0.15) is 0 Å². The van der Waals surface area contributed by atoms with E-state index in [0.717, 1.165) is 6.07 Å². The van der Waals surface area contributed by atoms with Gasteiger partial charge in [0, 0.05) is 11.5 Å². The lowest BCUT2D eigenvalue weighted by atomic mass is 10.3. The molecule has 0 aliphatic carbocycles. The Balaban J connectivity index is 2.82. The molecular formula is C8H4ClN3O3. The van der Waals surface area contributed by atoms with Gasteiger partial charge in [-0.1, -0.05) is 11.6 Å². The highest BCUT2D eigenvalue weighted by atomic mass is 35.5. The molecule has 0 atom stereocenters. The quantitative estimate of drug-likeness (QED) is 0.452. The molecule has 0 fully saturated rings. The third-order valence-electron chi connectivity index (χ3n) is 1.85. The number of hydrogen-bond donors (Lipinski definition) is 1. The molecule has 1 N–H and O–H groups in total. The number of nitrogens with one attached hydrogen (secondary N) is 1. The van der Waals surface area contributed by atoms with Crippen LogP contribution in [0, 0.1) is 10.1 Å². The van der Waals surface area contributed by atoms with Crippen LogP contribution in [0.1, 0.15) is 0 Å². The van der Waals surface area contributed by atoms with Crippen molar-refractivity contribution in [2.24, 2.45) is 0 Å². The smallest absolute Gasteiger partial charge is 0.301 e. The molecule has 2 aromatic heterocycles. The van der Waals surface area contributed by atoms with Gasteiger partial charge in [-0.15, -0.1) is 0 Å².